The van der Waals surface area contributed by atoms with E-state index in [0.29, 0.717) is 12.6 Å². The molecule has 2 fully saturated rings. The molecular formula is C20H31N3O2. The monoisotopic (exact) mass is 345 g/mol. The van der Waals surface area contributed by atoms with E-state index in [1.54, 1.807) is 0 Å². The topological polar surface area (TPSA) is 44.8 Å². The number of benzene rings is 1. The van der Waals surface area contributed by atoms with Gasteiger partial charge in [0.25, 0.3) is 0 Å². The molecule has 0 spiro atoms. The predicted octanol–water partition coefficient (Wildman–Crippen LogP) is 2.51. The second-order valence-electron chi connectivity index (χ2n) is 7.31. The van der Waals surface area contributed by atoms with Crippen LogP contribution in [0.2, 0.25) is 0 Å². The Labute approximate surface area is 151 Å². The van der Waals surface area contributed by atoms with Crippen LogP contribution < -0.4 is 5.32 Å². The zero-order valence-corrected chi connectivity index (χ0v) is 15.3. The van der Waals surface area contributed by atoms with Crippen molar-refractivity contribution in [3.63, 3.8) is 0 Å². The number of rotatable bonds is 6. The molecule has 5 nitrogen and oxygen atoms in total. The number of urea groups is 1. The van der Waals surface area contributed by atoms with Crippen LogP contribution in [0.15, 0.2) is 30.3 Å². The fraction of sp³-hybridized carbons (Fsp3) is 0.650. The highest BCUT2D eigenvalue weighted by molar-refractivity contribution is 5.74. The third kappa shape index (κ3) is 5.44. The lowest BCUT2D eigenvalue weighted by atomic mass is 10.1. The molecule has 1 atom stereocenters. The predicted molar refractivity (Wildman–Crippen MR) is 99.7 cm³/mol. The van der Waals surface area contributed by atoms with Crippen molar-refractivity contribution in [2.75, 3.05) is 39.8 Å². The summed E-state index contributed by atoms with van der Waals surface area (Å²) in [5.74, 6) is 0. The van der Waals surface area contributed by atoms with Crippen LogP contribution in [-0.2, 0) is 11.2 Å². The summed E-state index contributed by atoms with van der Waals surface area (Å²) in [7, 11) is 2.10. The van der Waals surface area contributed by atoms with Gasteiger partial charge >= 0.3 is 6.03 Å². The van der Waals surface area contributed by atoms with E-state index < -0.39 is 0 Å². The average molecular weight is 345 g/mol. The summed E-state index contributed by atoms with van der Waals surface area (Å²) in [5, 5.41) is 3.12. The van der Waals surface area contributed by atoms with E-state index in [4.69, 9.17) is 4.74 Å². The first-order valence-electron chi connectivity index (χ1n) is 9.61. The van der Waals surface area contributed by atoms with Crippen molar-refractivity contribution in [2.24, 2.45) is 0 Å². The van der Waals surface area contributed by atoms with Gasteiger partial charge in [0, 0.05) is 32.2 Å². The maximum absolute atomic E-state index is 12.8. The van der Waals surface area contributed by atoms with Crippen molar-refractivity contribution in [1.82, 2.24) is 15.1 Å². The molecule has 2 aliphatic rings. The number of nitrogens with one attached hydrogen (secondary N) is 1. The average Bonchev–Trinajstić information content (AvgIpc) is 3.15. The Kier molecular flexibility index (Phi) is 6.70. The van der Waals surface area contributed by atoms with Crippen molar-refractivity contribution in [3.05, 3.63) is 35.9 Å². The lowest BCUT2D eigenvalue weighted by Gasteiger charge is -2.32. The molecule has 0 bridgehead atoms. The van der Waals surface area contributed by atoms with E-state index in [0.717, 1.165) is 45.5 Å². The van der Waals surface area contributed by atoms with Crippen LogP contribution in [0.5, 0.6) is 0 Å². The number of amides is 2. The molecule has 0 aromatic heterocycles. The van der Waals surface area contributed by atoms with Gasteiger partial charge in [-0.15, -0.1) is 0 Å². The summed E-state index contributed by atoms with van der Waals surface area (Å²) in [6.45, 7) is 3.98. The van der Waals surface area contributed by atoms with Gasteiger partial charge in [-0.1, -0.05) is 43.2 Å². The van der Waals surface area contributed by atoms with E-state index in [2.05, 4.69) is 46.4 Å². The number of morpholine rings is 1. The Balaban J connectivity index is 1.53. The van der Waals surface area contributed by atoms with Crippen molar-refractivity contribution in [1.29, 1.82) is 0 Å². The molecule has 1 aromatic carbocycles. The number of ether oxygens (including phenoxy) is 1. The molecule has 1 aliphatic carbocycles. The fourth-order valence-electron chi connectivity index (χ4n) is 3.85. The second-order valence-corrected chi connectivity index (χ2v) is 7.31. The highest BCUT2D eigenvalue weighted by atomic mass is 16.5. The number of likely N-dealkylation sites (N-methyl/N-ethyl adjacent to an activating group) is 1. The van der Waals surface area contributed by atoms with Crippen LogP contribution >= 0.6 is 0 Å². The van der Waals surface area contributed by atoms with Gasteiger partial charge < -0.3 is 19.9 Å². The largest absolute Gasteiger partial charge is 0.374 e. The summed E-state index contributed by atoms with van der Waals surface area (Å²) in [6, 6.07) is 10.9. The molecule has 5 heteroatoms. The van der Waals surface area contributed by atoms with E-state index in [9.17, 15) is 4.79 Å². The highest BCUT2D eigenvalue weighted by Gasteiger charge is 2.27. The first-order chi connectivity index (χ1) is 12.2. The van der Waals surface area contributed by atoms with Gasteiger partial charge in [-0.2, -0.15) is 0 Å². The molecule has 1 heterocycles. The molecule has 2 amide bonds. The SMILES string of the molecule is CN1CCO[C@H](CNC(=O)N(CCc2ccccc2)C2CCCC2)C1. The molecule has 138 valence electrons. The number of hydrogen-bond donors (Lipinski definition) is 1. The lowest BCUT2D eigenvalue weighted by molar-refractivity contribution is -0.0174. The van der Waals surface area contributed by atoms with Crippen LogP contribution in [0.3, 0.4) is 0 Å². The zero-order chi connectivity index (χ0) is 17.5. The molecule has 1 aliphatic heterocycles. The Morgan fingerprint density at radius 3 is 2.76 bits per heavy atom. The summed E-state index contributed by atoms with van der Waals surface area (Å²) in [5.41, 5.74) is 1.29. The van der Waals surface area contributed by atoms with E-state index in [-0.39, 0.29) is 12.1 Å². The standard InChI is InChI=1S/C20H31N3O2/c1-22-13-14-25-19(16-22)15-21-20(24)23(18-9-5-6-10-18)12-11-17-7-3-2-4-8-17/h2-4,7-8,18-19H,5-6,9-16H2,1H3,(H,21,24)/t19-/m1/s1. The maximum Gasteiger partial charge on any atom is 0.317 e. The minimum atomic E-state index is 0.0691. The van der Waals surface area contributed by atoms with E-state index in [1.807, 2.05) is 6.07 Å². The molecule has 0 unspecified atom stereocenters. The Morgan fingerprint density at radius 1 is 1.28 bits per heavy atom. The summed E-state index contributed by atoms with van der Waals surface area (Å²) in [6.07, 6.45) is 5.73. The minimum Gasteiger partial charge on any atom is -0.374 e. The minimum absolute atomic E-state index is 0.0691. The van der Waals surface area contributed by atoms with Gasteiger partial charge in [-0.3, -0.25) is 0 Å². The second kappa shape index (κ2) is 9.20. The van der Waals surface area contributed by atoms with Crippen LogP contribution in [0.25, 0.3) is 0 Å². The van der Waals surface area contributed by atoms with Gasteiger partial charge in [0.15, 0.2) is 0 Å². The van der Waals surface area contributed by atoms with E-state index in [1.165, 1.54) is 18.4 Å². The number of nitrogens with zero attached hydrogens (tertiary/aromatic N) is 2. The Morgan fingerprint density at radius 2 is 2.04 bits per heavy atom. The third-order valence-electron chi connectivity index (χ3n) is 5.33. The first kappa shape index (κ1) is 18.2. The fourth-order valence-corrected chi connectivity index (χ4v) is 3.85. The van der Waals surface area contributed by atoms with Crippen LogP contribution in [0.4, 0.5) is 4.79 Å². The van der Waals surface area contributed by atoms with Crippen LogP contribution in [-0.4, -0.2) is 67.8 Å². The summed E-state index contributed by atoms with van der Waals surface area (Å²) in [4.78, 5) is 17.1. The molecule has 3 rings (SSSR count). The van der Waals surface area contributed by atoms with Crippen molar-refractivity contribution < 1.29 is 9.53 Å². The maximum atomic E-state index is 12.8. The quantitative estimate of drug-likeness (QED) is 0.862. The van der Waals surface area contributed by atoms with Crippen molar-refractivity contribution >= 4 is 6.03 Å². The first-order valence-corrected chi connectivity index (χ1v) is 9.61. The van der Waals surface area contributed by atoms with Gasteiger partial charge in [0.1, 0.15) is 0 Å². The van der Waals surface area contributed by atoms with Crippen molar-refractivity contribution in [3.8, 4) is 0 Å². The smallest absolute Gasteiger partial charge is 0.317 e. The molecule has 1 saturated heterocycles. The van der Waals surface area contributed by atoms with Crippen molar-refractivity contribution in [2.45, 2.75) is 44.2 Å². The molecule has 1 saturated carbocycles. The van der Waals surface area contributed by atoms with Gasteiger partial charge in [-0.25, -0.2) is 4.79 Å². The number of hydrogen-bond acceptors (Lipinski definition) is 3. The highest BCUT2D eigenvalue weighted by Crippen LogP contribution is 2.24. The van der Waals surface area contributed by atoms with E-state index >= 15 is 0 Å². The Hall–Kier alpha value is -1.59. The molecule has 25 heavy (non-hydrogen) atoms. The third-order valence-corrected chi connectivity index (χ3v) is 5.33. The molecule has 0 radical (unpaired) electrons. The van der Waals surface area contributed by atoms with Gasteiger partial charge in [0.05, 0.1) is 12.7 Å². The molecule has 1 aromatic rings. The van der Waals surface area contributed by atoms with Gasteiger partial charge in [0.2, 0.25) is 0 Å². The normalized spacial score (nSPS) is 22.0. The summed E-state index contributed by atoms with van der Waals surface area (Å²) < 4.78 is 5.76. The number of carbonyl (C=O) groups is 1. The zero-order valence-electron chi connectivity index (χ0n) is 15.3. The van der Waals surface area contributed by atoms with Crippen LogP contribution in [0.1, 0.15) is 31.2 Å². The van der Waals surface area contributed by atoms with Crippen LogP contribution in [0, 0.1) is 0 Å². The molecular weight excluding hydrogens is 314 g/mol. The molecule has 1 N–H and O–H groups in total. The Bertz CT molecular complexity index is 531. The van der Waals surface area contributed by atoms with Gasteiger partial charge in [-0.05, 0) is 31.9 Å². The number of carbonyl (C=O) groups excluding carboxylic acids is 1. The summed E-state index contributed by atoms with van der Waals surface area (Å²) >= 11 is 0. The lowest BCUT2D eigenvalue weighted by Crippen LogP contribution is -2.51.